The first-order chi connectivity index (χ1) is 9.03. The summed E-state index contributed by atoms with van der Waals surface area (Å²) in [4.78, 5) is 0. The molecule has 1 heterocycles. The molecule has 0 amide bonds. The minimum absolute atomic E-state index is 0.0758. The Balaban J connectivity index is 1.98. The summed E-state index contributed by atoms with van der Waals surface area (Å²) in [6.07, 6.45) is 0.478. The minimum atomic E-state index is -2.99. The normalized spacial score (nSPS) is 15.9. The number of hydrogen-bond acceptors (Lipinski definition) is 3. The lowest BCUT2D eigenvalue weighted by atomic mass is 10.0. The zero-order chi connectivity index (χ0) is 13.9. The van der Waals surface area contributed by atoms with Crippen LogP contribution < -0.4 is 5.32 Å². The number of para-hydroxylation sites is 1. The van der Waals surface area contributed by atoms with E-state index in [0.29, 0.717) is 12.0 Å². The number of anilines is 1. The molecule has 0 saturated heterocycles. The molecule has 1 atom stereocenters. The number of hydrogen-bond donors (Lipinski definition) is 1. The highest BCUT2D eigenvalue weighted by Crippen LogP contribution is 2.34. The van der Waals surface area contributed by atoms with Gasteiger partial charge in [-0.3, -0.25) is 0 Å². The van der Waals surface area contributed by atoms with Crippen molar-refractivity contribution in [1.82, 2.24) is 0 Å². The monoisotopic (exact) mass is 285 g/mol. The second kappa shape index (κ2) is 5.90. The van der Waals surface area contributed by atoms with E-state index in [0.717, 1.165) is 24.2 Å². The average Bonchev–Trinajstić information content (AvgIpc) is 2.86. The predicted molar refractivity (Wildman–Crippen MR) is 76.0 cm³/mol. The fourth-order valence-electron chi connectivity index (χ4n) is 2.41. The highest BCUT2D eigenvalue weighted by atomic mass is 32.2. The molecule has 0 aliphatic carbocycles. The van der Waals surface area contributed by atoms with Crippen LogP contribution in [0.1, 0.15) is 37.1 Å². The predicted octanol–water partition coefficient (Wildman–Crippen LogP) is 2.88. The van der Waals surface area contributed by atoms with E-state index >= 15 is 0 Å². The van der Waals surface area contributed by atoms with Gasteiger partial charge in [-0.05, 0) is 24.8 Å². The van der Waals surface area contributed by atoms with Crippen LogP contribution in [0, 0.1) is 0 Å². The Kier molecular flexibility index (Phi) is 4.45. The molecule has 1 aromatic rings. The molecule has 5 heteroatoms. The van der Waals surface area contributed by atoms with E-state index in [1.54, 1.807) is 13.0 Å². The third kappa shape index (κ3) is 3.47. The lowest BCUT2D eigenvalue weighted by molar-refractivity contribution is 0.322. The number of nitrogens with one attached hydrogen (secondary N) is 1. The van der Waals surface area contributed by atoms with Crippen LogP contribution >= 0.6 is 0 Å². The summed E-state index contributed by atoms with van der Waals surface area (Å²) in [7, 11) is -2.99. The summed E-state index contributed by atoms with van der Waals surface area (Å²) < 4.78 is 37.0. The molecule has 1 aromatic carbocycles. The van der Waals surface area contributed by atoms with Crippen molar-refractivity contribution in [2.24, 2.45) is 0 Å². The Bertz CT molecular complexity index is 542. The maximum atomic E-state index is 14.2. The fraction of sp³-hybridized carbons (Fsp3) is 0.571. The van der Waals surface area contributed by atoms with Gasteiger partial charge in [0, 0.05) is 23.5 Å². The van der Waals surface area contributed by atoms with Crippen molar-refractivity contribution in [3.63, 3.8) is 0 Å². The van der Waals surface area contributed by atoms with Crippen LogP contribution in [0.5, 0.6) is 0 Å². The van der Waals surface area contributed by atoms with Gasteiger partial charge in [-0.2, -0.15) is 0 Å². The van der Waals surface area contributed by atoms with Gasteiger partial charge in [0.15, 0.2) is 0 Å². The summed E-state index contributed by atoms with van der Waals surface area (Å²) in [5, 5.41) is 3.21. The molecule has 1 aliphatic rings. The van der Waals surface area contributed by atoms with Gasteiger partial charge in [-0.25, -0.2) is 12.8 Å². The Morgan fingerprint density at radius 1 is 1.42 bits per heavy atom. The molecule has 1 unspecified atom stereocenters. The van der Waals surface area contributed by atoms with Crippen molar-refractivity contribution in [3.05, 3.63) is 29.3 Å². The molecule has 106 valence electrons. The number of sulfone groups is 1. The van der Waals surface area contributed by atoms with Crippen molar-refractivity contribution in [2.45, 2.75) is 32.4 Å². The van der Waals surface area contributed by atoms with Crippen LogP contribution in [0.15, 0.2) is 18.2 Å². The van der Waals surface area contributed by atoms with E-state index in [1.807, 2.05) is 12.1 Å². The van der Waals surface area contributed by atoms with E-state index in [4.69, 9.17) is 0 Å². The number of fused-ring (bicyclic) bond motifs is 1. The van der Waals surface area contributed by atoms with Gasteiger partial charge in [0.05, 0.1) is 5.75 Å². The van der Waals surface area contributed by atoms with Gasteiger partial charge in [-0.15, -0.1) is 0 Å². The largest absolute Gasteiger partial charge is 0.384 e. The first-order valence-corrected chi connectivity index (χ1v) is 8.56. The van der Waals surface area contributed by atoms with Crippen molar-refractivity contribution in [3.8, 4) is 0 Å². The third-order valence-electron chi connectivity index (χ3n) is 3.57. The van der Waals surface area contributed by atoms with Crippen LogP contribution in [0.2, 0.25) is 0 Å². The van der Waals surface area contributed by atoms with Gasteiger partial charge in [-0.1, -0.05) is 25.1 Å². The van der Waals surface area contributed by atoms with Crippen molar-refractivity contribution < 1.29 is 12.8 Å². The molecule has 19 heavy (non-hydrogen) atoms. The smallest absolute Gasteiger partial charge is 0.150 e. The van der Waals surface area contributed by atoms with Crippen LogP contribution in [0.3, 0.4) is 0 Å². The second-order valence-electron chi connectivity index (χ2n) is 4.90. The summed E-state index contributed by atoms with van der Waals surface area (Å²) in [5.41, 5.74) is 2.73. The van der Waals surface area contributed by atoms with E-state index in [9.17, 15) is 12.8 Å². The zero-order valence-corrected chi connectivity index (χ0v) is 12.0. The summed E-state index contributed by atoms with van der Waals surface area (Å²) in [6.45, 7) is 2.47. The quantitative estimate of drug-likeness (QED) is 0.874. The SMILES string of the molecule is CCS(=O)(=O)CCCC(F)c1cccc2c1NCC2. The van der Waals surface area contributed by atoms with E-state index in [2.05, 4.69) is 5.32 Å². The maximum Gasteiger partial charge on any atom is 0.150 e. The number of benzene rings is 1. The Morgan fingerprint density at radius 2 is 2.21 bits per heavy atom. The summed E-state index contributed by atoms with van der Waals surface area (Å²) in [5.74, 6) is 0.207. The molecule has 0 aromatic heterocycles. The Labute approximate surface area is 114 Å². The van der Waals surface area contributed by atoms with Gasteiger partial charge in [0.2, 0.25) is 0 Å². The molecule has 0 spiro atoms. The lowest BCUT2D eigenvalue weighted by Crippen LogP contribution is -2.09. The summed E-state index contributed by atoms with van der Waals surface area (Å²) >= 11 is 0. The summed E-state index contributed by atoms with van der Waals surface area (Å²) in [6, 6.07) is 5.67. The first kappa shape index (κ1) is 14.3. The topological polar surface area (TPSA) is 46.2 Å². The van der Waals surface area contributed by atoms with Crippen LogP contribution in [-0.4, -0.2) is 26.5 Å². The minimum Gasteiger partial charge on any atom is -0.384 e. The fourth-order valence-corrected chi connectivity index (χ4v) is 3.30. The Hall–Kier alpha value is -1.10. The van der Waals surface area contributed by atoms with Gasteiger partial charge in [0.25, 0.3) is 0 Å². The Morgan fingerprint density at radius 3 is 2.95 bits per heavy atom. The molecule has 1 aliphatic heterocycles. The van der Waals surface area contributed by atoms with Crippen molar-refractivity contribution >= 4 is 15.5 Å². The average molecular weight is 285 g/mol. The molecule has 3 nitrogen and oxygen atoms in total. The molecular formula is C14H20FNO2S. The first-order valence-electron chi connectivity index (χ1n) is 6.73. The maximum absolute atomic E-state index is 14.2. The standard InChI is InChI=1S/C14H20FNO2S/c1-2-19(17,18)10-4-7-13(15)12-6-3-5-11-8-9-16-14(11)12/h3,5-6,13,16H,2,4,7-10H2,1H3. The van der Waals surface area contributed by atoms with Crippen LogP contribution in [-0.2, 0) is 16.3 Å². The van der Waals surface area contributed by atoms with Crippen LogP contribution in [0.25, 0.3) is 0 Å². The zero-order valence-electron chi connectivity index (χ0n) is 11.2. The number of halogens is 1. The van der Waals surface area contributed by atoms with Gasteiger partial charge < -0.3 is 5.32 Å². The van der Waals surface area contributed by atoms with E-state index in [-0.39, 0.29) is 17.9 Å². The van der Waals surface area contributed by atoms with Gasteiger partial charge in [0.1, 0.15) is 16.0 Å². The third-order valence-corrected chi connectivity index (χ3v) is 5.36. The molecule has 1 N–H and O–H groups in total. The lowest BCUT2D eigenvalue weighted by Gasteiger charge is -2.13. The second-order valence-corrected chi connectivity index (χ2v) is 7.38. The molecule has 0 fully saturated rings. The molecular weight excluding hydrogens is 265 g/mol. The van der Waals surface area contributed by atoms with Crippen molar-refractivity contribution in [1.29, 1.82) is 0 Å². The molecule has 2 rings (SSSR count). The van der Waals surface area contributed by atoms with E-state index in [1.165, 1.54) is 0 Å². The molecule has 0 radical (unpaired) electrons. The highest BCUT2D eigenvalue weighted by Gasteiger charge is 2.20. The highest BCUT2D eigenvalue weighted by molar-refractivity contribution is 7.91. The molecule has 0 saturated carbocycles. The molecule has 0 bridgehead atoms. The van der Waals surface area contributed by atoms with Gasteiger partial charge >= 0.3 is 0 Å². The number of alkyl halides is 1. The number of rotatable bonds is 6. The van der Waals surface area contributed by atoms with E-state index < -0.39 is 16.0 Å². The van der Waals surface area contributed by atoms with Crippen LogP contribution in [0.4, 0.5) is 10.1 Å². The van der Waals surface area contributed by atoms with Crippen molar-refractivity contribution in [2.75, 3.05) is 23.4 Å².